The van der Waals surface area contributed by atoms with Gasteiger partial charge >= 0.3 is 5.97 Å². The van der Waals surface area contributed by atoms with Gasteiger partial charge in [-0.15, -0.1) is 11.6 Å². The monoisotopic (exact) mass is 327 g/mol. The third kappa shape index (κ3) is 1.75. The number of hydrogen-bond acceptors (Lipinski definition) is 4. The van der Waals surface area contributed by atoms with Crippen LogP contribution in [0.4, 0.5) is 0 Å². The van der Waals surface area contributed by atoms with Crippen molar-refractivity contribution in [2.45, 2.75) is 56.8 Å². The van der Waals surface area contributed by atoms with Crippen LogP contribution in [-0.2, 0) is 14.3 Å². The largest absolute Gasteiger partial charge is 0.453 e. The van der Waals surface area contributed by atoms with Gasteiger partial charge in [0, 0.05) is 11.3 Å². The van der Waals surface area contributed by atoms with Crippen LogP contribution in [0, 0.1) is 11.3 Å². The third-order valence-electron chi connectivity index (χ3n) is 5.73. The summed E-state index contributed by atoms with van der Waals surface area (Å²) in [5.41, 5.74) is -2.96. The number of nitrogens with one attached hydrogen (secondary N) is 1. The van der Waals surface area contributed by atoms with Crippen LogP contribution in [0.25, 0.3) is 0 Å². The summed E-state index contributed by atoms with van der Waals surface area (Å²) in [6.45, 7) is 3.65. The van der Waals surface area contributed by atoms with Crippen molar-refractivity contribution in [1.82, 2.24) is 5.32 Å². The number of aliphatic hydroxyl groups is 1. The summed E-state index contributed by atoms with van der Waals surface area (Å²) in [5.74, 6) is -1.03. The molecule has 0 saturated carbocycles. The summed E-state index contributed by atoms with van der Waals surface area (Å²) < 4.78 is 5.38. The number of aliphatic hydroxyl groups excluding tert-OH is 1. The summed E-state index contributed by atoms with van der Waals surface area (Å²) in [4.78, 5) is 24.6. The molecule has 2 fully saturated rings. The molecule has 2 saturated heterocycles. The summed E-state index contributed by atoms with van der Waals surface area (Å²) in [7, 11) is 0. The number of allylic oxidation sites excluding steroid dienone is 1. The third-order valence-corrected chi connectivity index (χ3v) is 5.95. The highest BCUT2D eigenvalue weighted by atomic mass is 35.5. The van der Waals surface area contributed by atoms with Crippen LogP contribution < -0.4 is 5.32 Å². The number of alkyl halides is 1. The minimum atomic E-state index is -1.36. The molecule has 1 amide bonds. The van der Waals surface area contributed by atoms with Gasteiger partial charge in [-0.05, 0) is 32.6 Å². The lowest BCUT2D eigenvalue weighted by Gasteiger charge is -2.56. The molecule has 2 N–H and O–H groups in total. The Morgan fingerprint density at radius 2 is 2.23 bits per heavy atom. The summed E-state index contributed by atoms with van der Waals surface area (Å²) in [6, 6.07) is 0. The number of ether oxygens (including phenoxy) is 1. The smallest absolute Gasteiger partial charge is 0.339 e. The number of amides is 1. The van der Waals surface area contributed by atoms with E-state index in [9.17, 15) is 14.7 Å². The molecule has 0 unspecified atom stereocenters. The van der Waals surface area contributed by atoms with Crippen molar-refractivity contribution in [3.63, 3.8) is 0 Å². The molecule has 2 heterocycles. The van der Waals surface area contributed by atoms with E-state index < -0.39 is 34.5 Å². The number of carbonyl (C=O) groups excluding carboxylic acids is 2. The lowest BCUT2D eigenvalue weighted by atomic mass is 9.60. The molecule has 2 aliphatic heterocycles. The maximum Gasteiger partial charge on any atom is 0.339 e. The van der Waals surface area contributed by atoms with E-state index in [0.717, 1.165) is 19.3 Å². The zero-order valence-corrected chi connectivity index (χ0v) is 13.7. The maximum atomic E-state index is 12.3. The molecule has 6 heteroatoms. The fourth-order valence-corrected chi connectivity index (χ4v) is 4.51. The molecule has 0 bridgehead atoms. The van der Waals surface area contributed by atoms with Gasteiger partial charge in [-0.1, -0.05) is 19.1 Å². The van der Waals surface area contributed by atoms with E-state index in [2.05, 4.69) is 5.32 Å². The van der Waals surface area contributed by atoms with E-state index >= 15 is 0 Å². The second kappa shape index (κ2) is 4.96. The van der Waals surface area contributed by atoms with E-state index in [1.165, 1.54) is 0 Å². The molecule has 0 aromatic carbocycles. The predicted octanol–water partition coefficient (Wildman–Crippen LogP) is 1.52. The first-order valence-electron chi connectivity index (χ1n) is 7.79. The Hall–Kier alpha value is -1.07. The lowest BCUT2D eigenvalue weighted by Crippen LogP contribution is -2.81. The zero-order chi connectivity index (χ0) is 16.2. The zero-order valence-electron chi connectivity index (χ0n) is 12.9. The SMILES string of the molecule is C[C@@]12OC(=O)[C@]1([C@@H](O)[C@]1(C)C=CCCC1)NC(=O)[C@@H]2CCCl. The highest BCUT2D eigenvalue weighted by molar-refractivity contribution is 6.18. The molecule has 5 nitrogen and oxygen atoms in total. The lowest BCUT2D eigenvalue weighted by molar-refractivity contribution is -0.242. The number of carbonyl (C=O) groups is 2. The van der Waals surface area contributed by atoms with Crippen molar-refractivity contribution < 1.29 is 19.4 Å². The first kappa shape index (κ1) is 15.8. The second-order valence-electron chi connectivity index (χ2n) is 7.03. The summed E-state index contributed by atoms with van der Waals surface area (Å²) >= 11 is 5.79. The molecule has 0 radical (unpaired) electrons. The molecular formula is C16H22ClNO4. The van der Waals surface area contributed by atoms with Crippen LogP contribution in [0.5, 0.6) is 0 Å². The number of rotatable bonds is 4. The van der Waals surface area contributed by atoms with E-state index in [1.54, 1.807) is 6.92 Å². The molecule has 3 rings (SSSR count). The van der Waals surface area contributed by atoms with E-state index in [0.29, 0.717) is 12.3 Å². The van der Waals surface area contributed by atoms with Gasteiger partial charge in [0.1, 0.15) is 6.10 Å². The van der Waals surface area contributed by atoms with Gasteiger partial charge in [0.05, 0.1) is 5.92 Å². The fraction of sp³-hybridized carbons (Fsp3) is 0.750. The first-order valence-corrected chi connectivity index (χ1v) is 8.32. The fourth-order valence-electron chi connectivity index (χ4n) is 4.29. The van der Waals surface area contributed by atoms with Gasteiger partial charge in [0.15, 0.2) is 5.60 Å². The van der Waals surface area contributed by atoms with Crippen molar-refractivity contribution in [3.05, 3.63) is 12.2 Å². The molecule has 5 atom stereocenters. The molecule has 3 aliphatic rings. The van der Waals surface area contributed by atoms with Crippen molar-refractivity contribution in [3.8, 4) is 0 Å². The second-order valence-corrected chi connectivity index (χ2v) is 7.40. The van der Waals surface area contributed by atoms with E-state index in [4.69, 9.17) is 16.3 Å². The van der Waals surface area contributed by atoms with Crippen molar-refractivity contribution in [2.75, 3.05) is 5.88 Å². The van der Waals surface area contributed by atoms with Crippen LogP contribution in [-0.4, -0.2) is 40.1 Å². The van der Waals surface area contributed by atoms with E-state index in [-0.39, 0.29) is 5.91 Å². The molecule has 0 aromatic heterocycles. The molecule has 22 heavy (non-hydrogen) atoms. The number of hydrogen-bond donors (Lipinski definition) is 2. The standard InChI is InChI=1S/C16H22ClNO4/c1-14(7-4-3-5-8-14)12(20)16-13(21)22-15(16,2)10(6-9-17)11(19)18-16/h4,7,10,12,20H,3,5-6,8-9H2,1-2H3,(H,18,19)/t10-,12-,14+,15-,16-/m0/s1. The average Bonchev–Trinajstić information content (AvgIpc) is 2.65. The van der Waals surface area contributed by atoms with Crippen molar-refractivity contribution in [2.24, 2.45) is 11.3 Å². The normalized spacial score (nSPS) is 44.8. The van der Waals surface area contributed by atoms with Gasteiger partial charge in [-0.3, -0.25) is 4.79 Å². The van der Waals surface area contributed by atoms with Crippen LogP contribution in [0.2, 0.25) is 0 Å². The van der Waals surface area contributed by atoms with E-state index in [1.807, 2.05) is 19.1 Å². The minimum Gasteiger partial charge on any atom is -0.453 e. The van der Waals surface area contributed by atoms with Crippen LogP contribution in [0.1, 0.15) is 39.5 Å². The van der Waals surface area contributed by atoms with Gasteiger partial charge in [-0.25, -0.2) is 4.79 Å². The van der Waals surface area contributed by atoms with Gasteiger partial charge < -0.3 is 15.2 Å². The Labute approximate surface area is 135 Å². The Kier molecular flexibility index (Phi) is 3.57. The van der Waals surface area contributed by atoms with Crippen molar-refractivity contribution >= 4 is 23.5 Å². The van der Waals surface area contributed by atoms with Gasteiger partial charge in [-0.2, -0.15) is 0 Å². The van der Waals surface area contributed by atoms with Crippen LogP contribution in [0.3, 0.4) is 0 Å². The van der Waals surface area contributed by atoms with Crippen LogP contribution >= 0.6 is 11.6 Å². The highest BCUT2D eigenvalue weighted by Gasteiger charge is 2.80. The number of fused-ring (bicyclic) bond motifs is 1. The molecule has 122 valence electrons. The Balaban J connectivity index is 2.00. The number of halogens is 1. The van der Waals surface area contributed by atoms with Crippen molar-refractivity contribution in [1.29, 1.82) is 0 Å². The predicted molar refractivity (Wildman–Crippen MR) is 81.3 cm³/mol. The minimum absolute atomic E-state index is 0.267. The Morgan fingerprint density at radius 3 is 2.77 bits per heavy atom. The summed E-state index contributed by atoms with van der Waals surface area (Å²) in [5, 5.41) is 13.8. The van der Waals surface area contributed by atoms with Gasteiger partial charge in [0.25, 0.3) is 0 Å². The maximum absolute atomic E-state index is 12.3. The molecule has 0 spiro atoms. The van der Waals surface area contributed by atoms with Crippen LogP contribution in [0.15, 0.2) is 12.2 Å². The molecule has 0 aromatic rings. The van der Waals surface area contributed by atoms with Gasteiger partial charge in [0.2, 0.25) is 11.4 Å². The Bertz CT molecular complexity index is 550. The highest BCUT2D eigenvalue weighted by Crippen LogP contribution is 2.55. The summed E-state index contributed by atoms with van der Waals surface area (Å²) in [6.07, 6.45) is 6.07. The quantitative estimate of drug-likeness (QED) is 0.466. The average molecular weight is 328 g/mol. The molecule has 1 aliphatic carbocycles. The first-order chi connectivity index (χ1) is 10.3. The Morgan fingerprint density at radius 1 is 1.50 bits per heavy atom. The topological polar surface area (TPSA) is 75.6 Å². The number of esters is 1. The molecular weight excluding hydrogens is 306 g/mol.